The molecule has 2 nitrogen and oxygen atoms in total. The molecule has 1 aromatic heterocycles. The lowest BCUT2D eigenvalue weighted by Gasteiger charge is -2.13. The van der Waals surface area contributed by atoms with Gasteiger partial charge < -0.3 is 9.55 Å². The van der Waals surface area contributed by atoms with Gasteiger partial charge in [0.1, 0.15) is 5.82 Å². The Balaban J connectivity index is 2.42. The van der Waals surface area contributed by atoms with Crippen LogP contribution in [-0.4, -0.2) is 9.55 Å². The van der Waals surface area contributed by atoms with Crippen molar-refractivity contribution in [1.82, 2.24) is 9.55 Å². The van der Waals surface area contributed by atoms with Crippen molar-refractivity contribution >= 4 is 12.2 Å². The van der Waals surface area contributed by atoms with Crippen LogP contribution >= 0.6 is 12.2 Å². The molecule has 16 heavy (non-hydrogen) atoms. The highest BCUT2D eigenvalue weighted by atomic mass is 32.1. The molecule has 0 saturated carbocycles. The SMILES string of the molecule is Cc1cn(C(C)c2cccc(F)c2)c(=S)[nH]1. The monoisotopic (exact) mass is 236 g/mol. The van der Waals surface area contributed by atoms with Crippen molar-refractivity contribution in [1.29, 1.82) is 0 Å². The summed E-state index contributed by atoms with van der Waals surface area (Å²) in [6.45, 7) is 3.95. The van der Waals surface area contributed by atoms with Crippen LogP contribution in [0.4, 0.5) is 4.39 Å². The van der Waals surface area contributed by atoms with Gasteiger partial charge in [-0.1, -0.05) is 12.1 Å². The Kier molecular flexibility index (Phi) is 2.92. The van der Waals surface area contributed by atoms with Crippen LogP contribution in [0.3, 0.4) is 0 Å². The van der Waals surface area contributed by atoms with Crippen LogP contribution in [0.1, 0.15) is 24.2 Å². The van der Waals surface area contributed by atoms with E-state index >= 15 is 0 Å². The summed E-state index contributed by atoms with van der Waals surface area (Å²) in [5.74, 6) is -0.219. The highest BCUT2D eigenvalue weighted by Crippen LogP contribution is 2.19. The van der Waals surface area contributed by atoms with Gasteiger partial charge in [-0.3, -0.25) is 0 Å². The second-order valence-electron chi connectivity index (χ2n) is 3.88. The van der Waals surface area contributed by atoms with Gasteiger partial charge in [-0.05, 0) is 43.8 Å². The maximum atomic E-state index is 13.1. The number of imidazole rings is 1. The van der Waals surface area contributed by atoms with Crippen molar-refractivity contribution < 1.29 is 4.39 Å². The van der Waals surface area contributed by atoms with E-state index in [1.807, 2.05) is 30.7 Å². The summed E-state index contributed by atoms with van der Waals surface area (Å²) < 4.78 is 15.7. The van der Waals surface area contributed by atoms with Crippen LogP contribution in [0.15, 0.2) is 30.5 Å². The minimum Gasteiger partial charge on any atom is -0.335 e. The largest absolute Gasteiger partial charge is 0.335 e. The van der Waals surface area contributed by atoms with Crippen LogP contribution in [-0.2, 0) is 0 Å². The molecular weight excluding hydrogens is 223 g/mol. The Labute approximate surface area is 98.7 Å². The molecule has 84 valence electrons. The van der Waals surface area contributed by atoms with Crippen molar-refractivity contribution in [2.24, 2.45) is 0 Å². The Hall–Kier alpha value is -1.42. The first-order valence-corrected chi connectivity index (χ1v) is 5.52. The molecule has 4 heteroatoms. The molecule has 0 amide bonds. The number of benzene rings is 1. The molecular formula is C12H13FN2S. The molecule has 0 fully saturated rings. The molecule has 1 N–H and O–H groups in total. The van der Waals surface area contributed by atoms with Gasteiger partial charge in [-0.15, -0.1) is 0 Å². The second-order valence-corrected chi connectivity index (χ2v) is 4.27. The second kappa shape index (κ2) is 4.22. The van der Waals surface area contributed by atoms with E-state index in [9.17, 15) is 4.39 Å². The first-order valence-electron chi connectivity index (χ1n) is 5.11. The Morgan fingerprint density at radius 3 is 2.75 bits per heavy atom. The minimum atomic E-state index is -0.219. The summed E-state index contributed by atoms with van der Waals surface area (Å²) >= 11 is 5.20. The van der Waals surface area contributed by atoms with E-state index in [4.69, 9.17) is 12.2 Å². The van der Waals surface area contributed by atoms with Gasteiger partial charge in [-0.25, -0.2) is 4.39 Å². The number of H-pyrrole nitrogens is 1. The Morgan fingerprint density at radius 1 is 1.44 bits per heavy atom. The summed E-state index contributed by atoms with van der Waals surface area (Å²) in [4.78, 5) is 3.06. The summed E-state index contributed by atoms with van der Waals surface area (Å²) in [6.07, 6.45) is 1.94. The molecule has 0 aliphatic carbocycles. The first kappa shape index (κ1) is 11.1. The third-order valence-electron chi connectivity index (χ3n) is 2.62. The number of rotatable bonds is 2. The molecule has 0 spiro atoms. The van der Waals surface area contributed by atoms with Crippen LogP contribution in [0.5, 0.6) is 0 Å². The molecule has 0 aliphatic heterocycles. The maximum absolute atomic E-state index is 13.1. The van der Waals surface area contributed by atoms with Crippen molar-refractivity contribution in [3.05, 3.63) is 52.3 Å². The van der Waals surface area contributed by atoms with Crippen molar-refractivity contribution in [3.63, 3.8) is 0 Å². The van der Waals surface area contributed by atoms with E-state index in [0.717, 1.165) is 11.3 Å². The lowest BCUT2D eigenvalue weighted by Crippen LogP contribution is -2.05. The standard InChI is InChI=1S/C12H13FN2S/c1-8-7-15(12(16)14-8)9(2)10-4-3-5-11(13)6-10/h3-7,9H,1-2H3,(H,14,16). The number of nitrogens with zero attached hydrogens (tertiary/aromatic N) is 1. The number of aryl methyl sites for hydroxylation is 1. The first-order chi connectivity index (χ1) is 7.58. The zero-order valence-electron chi connectivity index (χ0n) is 9.20. The summed E-state index contributed by atoms with van der Waals surface area (Å²) in [7, 11) is 0. The van der Waals surface area contributed by atoms with E-state index in [1.54, 1.807) is 6.07 Å². The summed E-state index contributed by atoms with van der Waals surface area (Å²) in [5, 5.41) is 0. The van der Waals surface area contributed by atoms with E-state index < -0.39 is 0 Å². The van der Waals surface area contributed by atoms with E-state index in [1.165, 1.54) is 12.1 Å². The molecule has 2 rings (SSSR count). The third-order valence-corrected chi connectivity index (χ3v) is 2.93. The van der Waals surface area contributed by atoms with Gasteiger partial charge >= 0.3 is 0 Å². The third kappa shape index (κ3) is 2.07. The van der Waals surface area contributed by atoms with Crippen LogP contribution in [0.25, 0.3) is 0 Å². The average Bonchev–Trinajstić information content (AvgIpc) is 2.57. The van der Waals surface area contributed by atoms with Gasteiger partial charge in [0.15, 0.2) is 4.77 Å². The van der Waals surface area contributed by atoms with E-state index in [0.29, 0.717) is 4.77 Å². The van der Waals surface area contributed by atoms with Crippen LogP contribution in [0, 0.1) is 17.5 Å². The van der Waals surface area contributed by atoms with Crippen molar-refractivity contribution in [3.8, 4) is 0 Å². The van der Waals surface area contributed by atoms with Gasteiger partial charge in [0.25, 0.3) is 0 Å². The predicted molar refractivity (Wildman–Crippen MR) is 64.6 cm³/mol. The van der Waals surface area contributed by atoms with E-state index in [2.05, 4.69) is 4.98 Å². The minimum absolute atomic E-state index is 0.0353. The van der Waals surface area contributed by atoms with Crippen molar-refractivity contribution in [2.45, 2.75) is 19.9 Å². The van der Waals surface area contributed by atoms with Gasteiger partial charge in [0.05, 0.1) is 6.04 Å². The normalized spacial score (nSPS) is 12.7. The lowest BCUT2D eigenvalue weighted by atomic mass is 10.1. The number of nitrogens with one attached hydrogen (secondary N) is 1. The molecule has 0 bridgehead atoms. The molecule has 0 radical (unpaired) electrons. The molecule has 1 unspecified atom stereocenters. The fourth-order valence-corrected chi connectivity index (χ4v) is 2.12. The van der Waals surface area contributed by atoms with Crippen molar-refractivity contribution in [2.75, 3.05) is 0 Å². The van der Waals surface area contributed by atoms with Crippen LogP contribution in [0.2, 0.25) is 0 Å². The highest BCUT2D eigenvalue weighted by Gasteiger charge is 2.09. The molecule has 1 aromatic carbocycles. The zero-order valence-corrected chi connectivity index (χ0v) is 10.0. The molecule has 2 aromatic rings. The number of halogens is 1. The number of hydrogen-bond acceptors (Lipinski definition) is 1. The summed E-state index contributed by atoms with van der Waals surface area (Å²) in [6, 6.07) is 6.63. The van der Waals surface area contributed by atoms with E-state index in [-0.39, 0.29) is 11.9 Å². The fraction of sp³-hybridized carbons (Fsp3) is 0.250. The molecule has 0 aliphatic rings. The Morgan fingerprint density at radius 2 is 2.19 bits per heavy atom. The molecule has 0 saturated heterocycles. The predicted octanol–water partition coefficient (Wildman–Crippen LogP) is 3.60. The van der Waals surface area contributed by atoms with Crippen LogP contribution < -0.4 is 0 Å². The average molecular weight is 236 g/mol. The highest BCUT2D eigenvalue weighted by molar-refractivity contribution is 7.71. The zero-order chi connectivity index (χ0) is 11.7. The lowest BCUT2D eigenvalue weighted by molar-refractivity contribution is 0.601. The molecule has 1 heterocycles. The smallest absolute Gasteiger partial charge is 0.177 e. The van der Waals surface area contributed by atoms with Gasteiger partial charge in [0.2, 0.25) is 0 Å². The Bertz CT molecular complexity index is 556. The number of hydrogen-bond donors (Lipinski definition) is 1. The summed E-state index contributed by atoms with van der Waals surface area (Å²) in [5.41, 5.74) is 1.92. The number of aromatic amines is 1. The fourth-order valence-electron chi connectivity index (χ4n) is 1.75. The molecule has 1 atom stereocenters. The maximum Gasteiger partial charge on any atom is 0.177 e. The van der Waals surface area contributed by atoms with Gasteiger partial charge in [-0.2, -0.15) is 0 Å². The topological polar surface area (TPSA) is 20.7 Å². The quantitative estimate of drug-likeness (QED) is 0.790. The number of aromatic nitrogens is 2. The van der Waals surface area contributed by atoms with Gasteiger partial charge in [0, 0.05) is 11.9 Å².